The molecule has 234 valence electrons. The quantitative estimate of drug-likeness (QED) is 0.201. The number of aliphatic hydroxyl groups is 3. The number of hydrogen-bond acceptors (Lipinski definition) is 8. The van der Waals surface area contributed by atoms with Gasteiger partial charge in [-0.15, -0.1) is 0 Å². The molecule has 1 aromatic carbocycles. The predicted octanol–water partition coefficient (Wildman–Crippen LogP) is 6.01. The Morgan fingerprint density at radius 3 is 2.21 bits per heavy atom. The molecule has 0 spiro atoms. The summed E-state index contributed by atoms with van der Waals surface area (Å²) >= 11 is 0. The maximum Gasteiger partial charge on any atom is 0.203 e. The first kappa shape index (κ1) is 32.6. The minimum absolute atomic E-state index is 0.0257. The Kier molecular flexibility index (Phi) is 8.37. The van der Waals surface area contributed by atoms with Gasteiger partial charge in [-0.1, -0.05) is 67.4 Å². The van der Waals surface area contributed by atoms with Crippen LogP contribution in [-0.4, -0.2) is 49.2 Å². The fourth-order valence-electron chi connectivity index (χ4n) is 8.39. The van der Waals surface area contributed by atoms with Gasteiger partial charge in [0, 0.05) is 40.7 Å². The zero-order valence-electron chi connectivity index (χ0n) is 26.7. The van der Waals surface area contributed by atoms with E-state index in [1.807, 2.05) is 19.9 Å². The lowest BCUT2D eigenvalue weighted by atomic mass is 9.43. The molecule has 4 rings (SSSR count). The van der Waals surface area contributed by atoms with Gasteiger partial charge in [-0.05, 0) is 49.1 Å². The van der Waals surface area contributed by atoms with Crippen molar-refractivity contribution in [2.45, 2.75) is 112 Å². The number of carbonyl (C=O) groups is 4. The molecule has 8 nitrogen and oxygen atoms in total. The Bertz CT molecular complexity index is 1480. The molecule has 1 aromatic rings. The number of Topliss-reactive ketones (excluding diaryl/α,β-unsaturated/α-hetero) is 4. The van der Waals surface area contributed by atoms with Gasteiger partial charge in [-0.2, -0.15) is 0 Å². The van der Waals surface area contributed by atoms with Crippen molar-refractivity contribution in [2.75, 3.05) is 0 Å². The van der Waals surface area contributed by atoms with Crippen LogP contribution in [0.25, 0.3) is 5.76 Å². The molecule has 3 aliphatic rings. The van der Waals surface area contributed by atoms with Gasteiger partial charge < -0.3 is 20.4 Å². The van der Waals surface area contributed by atoms with E-state index in [1.165, 1.54) is 0 Å². The molecule has 0 heterocycles. The third-order valence-electron chi connectivity index (χ3n) is 10.2. The van der Waals surface area contributed by atoms with E-state index in [4.69, 9.17) is 0 Å². The van der Waals surface area contributed by atoms with Crippen LogP contribution < -0.4 is 0 Å². The number of rotatable bonds is 9. The SMILES string of the molecule is CCCCCC(=O)Cc1cc(C(C)C)c2c(c1O)C(O)=C1C(=O)[C@@]3(O)C(O)=C(C(C)=O)C(=O)C(C(C)C)[C@@]3(C)C[C@@]1(C)C2. The molecule has 3 aliphatic carbocycles. The van der Waals surface area contributed by atoms with Crippen molar-refractivity contribution in [2.24, 2.45) is 22.7 Å². The number of fused-ring (bicyclic) bond motifs is 3. The molecular weight excluding hydrogens is 548 g/mol. The first-order valence-corrected chi connectivity index (χ1v) is 15.5. The molecule has 0 aromatic heterocycles. The average molecular weight is 595 g/mol. The van der Waals surface area contributed by atoms with Gasteiger partial charge in [0.1, 0.15) is 28.6 Å². The van der Waals surface area contributed by atoms with E-state index in [9.17, 15) is 39.6 Å². The maximum absolute atomic E-state index is 14.5. The van der Waals surface area contributed by atoms with Gasteiger partial charge in [0.05, 0.1) is 5.56 Å². The number of unbranched alkanes of at least 4 members (excludes halogenated alkanes) is 2. The standard InChI is InChI=1S/C35H46O8/c1-9-10-11-12-21(37)13-20-14-22(17(2)3)23-15-33(7)16-34(8)26(18(4)5)29(39)24(19(6)36)31(41)35(34,43)32(42)27(33)30(40)25(23)28(20)38/h14,17-18,26,38,40-41,43H,9-13,15-16H2,1-8H3/t26?,33-,34-,35+/m1/s1. The highest BCUT2D eigenvalue weighted by Gasteiger charge is 2.72. The predicted molar refractivity (Wildman–Crippen MR) is 163 cm³/mol. The fraction of sp³-hybridized carbons (Fsp3) is 0.600. The van der Waals surface area contributed by atoms with Crippen LogP contribution in [0.2, 0.25) is 0 Å². The lowest BCUT2D eigenvalue weighted by Gasteiger charge is -2.60. The van der Waals surface area contributed by atoms with Crippen LogP contribution in [-0.2, 0) is 32.0 Å². The Labute approximate surface area is 253 Å². The Hall–Kier alpha value is -3.26. The molecule has 0 amide bonds. The molecule has 0 bridgehead atoms. The van der Waals surface area contributed by atoms with Crippen LogP contribution in [0.15, 0.2) is 23.0 Å². The lowest BCUT2D eigenvalue weighted by Crippen LogP contribution is -2.69. The summed E-state index contributed by atoms with van der Waals surface area (Å²) in [6.07, 6.45) is 3.24. The molecule has 43 heavy (non-hydrogen) atoms. The van der Waals surface area contributed by atoms with E-state index < -0.39 is 56.8 Å². The van der Waals surface area contributed by atoms with Crippen LogP contribution in [0, 0.1) is 22.7 Å². The number of aromatic hydroxyl groups is 1. The van der Waals surface area contributed by atoms with E-state index in [0.29, 0.717) is 17.5 Å². The molecule has 1 unspecified atom stereocenters. The van der Waals surface area contributed by atoms with Crippen LogP contribution >= 0.6 is 0 Å². The molecule has 8 heteroatoms. The van der Waals surface area contributed by atoms with Gasteiger partial charge in [0.15, 0.2) is 17.2 Å². The second-order valence-corrected chi connectivity index (χ2v) is 14.1. The Morgan fingerprint density at radius 1 is 1.05 bits per heavy atom. The monoisotopic (exact) mass is 594 g/mol. The number of benzene rings is 1. The summed E-state index contributed by atoms with van der Waals surface area (Å²) < 4.78 is 0. The highest BCUT2D eigenvalue weighted by atomic mass is 16.3. The molecule has 1 saturated carbocycles. The van der Waals surface area contributed by atoms with E-state index in [2.05, 4.69) is 6.92 Å². The second-order valence-electron chi connectivity index (χ2n) is 14.1. The molecule has 0 aliphatic heterocycles. The van der Waals surface area contributed by atoms with Crippen molar-refractivity contribution >= 4 is 28.9 Å². The largest absolute Gasteiger partial charge is 0.508 e. The van der Waals surface area contributed by atoms with Crippen LogP contribution in [0.1, 0.15) is 116 Å². The summed E-state index contributed by atoms with van der Waals surface area (Å²) in [5, 5.41) is 46.9. The normalized spacial score (nSPS) is 28.8. The zero-order valence-corrected chi connectivity index (χ0v) is 26.7. The first-order valence-electron chi connectivity index (χ1n) is 15.5. The number of phenolic OH excluding ortho intramolecular Hbond substituents is 1. The first-order chi connectivity index (χ1) is 19.9. The van der Waals surface area contributed by atoms with Crippen molar-refractivity contribution in [1.82, 2.24) is 0 Å². The maximum atomic E-state index is 14.5. The van der Waals surface area contributed by atoms with Crippen molar-refractivity contribution in [1.29, 1.82) is 0 Å². The smallest absolute Gasteiger partial charge is 0.203 e. The molecule has 1 fully saturated rings. The summed E-state index contributed by atoms with van der Waals surface area (Å²) in [5.74, 6) is -5.57. The van der Waals surface area contributed by atoms with Crippen molar-refractivity contribution < 1.29 is 39.6 Å². The highest BCUT2D eigenvalue weighted by Crippen LogP contribution is 2.65. The number of carbonyl (C=O) groups excluding carboxylic acids is 4. The van der Waals surface area contributed by atoms with E-state index >= 15 is 0 Å². The van der Waals surface area contributed by atoms with Crippen molar-refractivity contribution in [3.05, 3.63) is 45.2 Å². The lowest BCUT2D eigenvalue weighted by molar-refractivity contribution is -0.178. The summed E-state index contributed by atoms with van der Waals surface area (Å²) in [5.41, 5.74) is -4.11. The van der Waals surface area contributed by atoms with Gasteiger partial charge in [0.2, 0.25) is 5.78 Å². The summed E-state index contributed by atoms with van der Waals surface area (Å²) in [7, 11) is 0. The fourth-order valence-corrected chi connectivity index (χ4v) is 8.39. The summed E-state index contributed by atoms with van der Waals surface area (Å²) in [6, 6.07) is 1.82. The van der Waals surface area contributed by atoms with Crippen molar-refractivity contribution in [3.63, 3.8) is 0 Å². The number of hydrogen-bond donors (Lipinski definition) is 4. The van der Waals surface area contributed by atoms with Gasteiger partial charge in [-0.3, -0.25) is 19.2 Å². The zero-order chi connectivity index (χ0) is 32.4. The minimum Gasteiger partial charge on any atom is -0.508 e. The number of allylic oxidation sites excluding steroid dienone is 1. The highest BCUT2D eigenvalue weighted by molar-refractivity contribution is 6.24. The minimum atomic E-state index is -2.65. The summed E-state index contributed by atoms with van der Waals surface area (Å²) in [4.78, 5) is 53.6. The number of ketones is 4. The molecule has 4 N–H and O–H groups in total. The topological polar surface area (TPSA) is 149 Å². The Morgan fingerprint density at radius 2 is 1.67 bits per heavy atom. The average Bonchev–Trinajstić information content (AvgIpc) is 2.87. The molecule has 4 atom stereocenters. The van der Waals surface area contributed by atoms with Crippen LogP contribution in [0.4, 0.5) is 0 Å². The van der Waals surface area contributed by atoms with Crippen LogP contribution in [0.5, 0.6) is 5.75 Å². The van der Waals surface area contributed by atoms with E-state index in [0.717, 1.165) is 31.7 Å². The van der Waals surface area contributed by atoms with E-state index in [1.54, 1.807) is 27.7 Å². The third kappa shape index (κ3) is 4.68. The molecule has 0 saturated heterocycles. The summed E-state index contributed by atoms with van der Waals surface area (Å²) in [6.45, 7) is 14.1. The van der Waals surface area contributed by atoms with Crippen molar-refractivity contribution in [3.8, 4) is 5.75 Å². The van der Waals surface area contributed by atoms with Gasteiger partial charge in [0.25, 0.3) is 0 Å². The molecular formula is C35H46O8. The van der Waals surface area contributed by atoms with Gasteiger partial charge >= 0.3 is 0 Å². The Balaban J connectivity index is 1.99. The van der Waals surface area contributed by atoms with Crippen LogP contribution in [0.3, 0.4) is 0 Å². The second kappa shape index (κ2) is 11.0. The number of aliphatic hydroxyl groups excluding tert-OH is 2. The van der Waals surface area contributed by atoms with Gasteiger partial charge in [-0.25, -0.2) is 0 Å². The molecule has 0 radical (unpaired) electrons. The third-order valence-corrected chi connectivity index (χ3v) is 10.2. The van der Waals surface area contributed by atoms with E-state index in [-0.39, 0.29) is 53.8 Å². The number of phenols is 1.